The van der Waals surface area contributed by atoms with Crippen molar-refractivity contribution in [2.24, 2.45) is 5.73 Å². The van der Waals surface area contributed by atoms with E-state index in [2.05, 4.69) is 16.0 Å². The number of nitrogens with two attached hydrogens (primary N) is 1. The van der Waals surface area contributed by atoms with E-state index in [-0.39, 0.29) is 0 Å². The third kappa shape index (κ3) is 1.55. The van der Waals surface area contributed by atoms with Gasteiger partial charge in [0.2, 0.25) is 5.71 Å². The van der Waals surface area contributed by atoms with Gasteiger partial charge in [-0.15, -0.1) is 0 Å². The van der Waals surface area contributed by atoms with E-state index in [9.17, 15) is 0 Å². The van der Waals surface area contributed by atoms with Gasteiger partial charge in [-0.2, -0.15) is 0 Å². The lowest BCUT2D eigenvalue weighted by Crippen LogP contribution is -2.39. The molecule has 0 saturated carbocycles. The molecule has 3 rings (SSSR count). The molecule has 0 unspecified atom stereocenters. The van der Waals surface area contributed by atoms with E-state index in [4.69, 9.17) is 10.2 Å². The average molecular weight is 217 g/mol. The van der Waals surface area contributed by atoms with Crippen LogP contribution in [0.3, 0.4) is 0 Å². The summed E-state index contributed by atoms with van der Waals surface area (Å²) >= 11 is 0. The van der Waals surface area contributed by atoms with Crippen LogP contribution in [0, 0.1) is 0 Å². The molecule has 4 heteroatoms. The van der Waals surface area contributed by atoms with E-state index >= 15 is 0 Å². The Balaban J connectivity index is 1.96. The molecule has 84 valence electrons. The topological polar surface area (TPSA) is 55.3 Å². The highest BCUT2D eigenvalue weighted by Crippen LogP contribution is 2.27. The number of hydrogen-bond donors (Lipinski definition) is 1. The van der Waals surface area contributed by atoms with E-state index in [0.29, 0.717) is 11.8 Å². The van der Waals surface area contributed by atoms with Gasteiger partial charge in [-0.05, 0) is 25.0 Å². The normalized spacial score (nSPS) is 18.2. The SMILES string of the molecule is NC1CCN(c2ccnc3occc23)CC1. The number of pyridine rings is 1. The monoisotopic (exact) mass is 217 g/mol. The molecule has 2 aromatic heterocycles. The first-order valence-electron chi connectivity index (χ1n) is 5.67. The molecule has 1 aliphatic heterocycles. The van der Waals surface area contributed by atoms with Crippen LogP contribution in [-0.2, 0) is 0 Å². The molecule has 4 nitrogen and oxygen atoms in total. The highest BCUT2D eigenvalue weighted by molar-refractivity contribution is 5.88. The minimum Gasteiger partial charge on any atom is -0.446 e. The zero-order valence-electron chi connectivity index (χ0n) is 9.10. The van der Waals surface area contributed by atoms with Crippen molar-refractivity contribution < 1.29 is 4.42 Å². The maximum atomic E-state index is 5.91. The van der Waals surface area contributed by atoms with Gasteiger partial charge in [0, 0.05) is 25.3 Å². The summed E-state index contributed by atoms with van der Waals surface area (Å²) in [6.07, 6.45) is 5.61. The van der Waals surface area contributed by atoms with Gasteiger partial charge in [0.05, 0.1) is 17.3 Å². The molecule has 0 aliphatic carbocycles. The van der Waals surface area contributed by atoms with Gasteiger partial charge in [0.1, 0.15) is 0 Å². The van der Waals surface area contributed by atoms with Gasteiger partial charge in [0.25, 0.3) is 0 Å². The summed E-state index contributed by atoms with van der Waals surface area (Å²) in [5.74, 6) is 0. The van der Waals surface area contributed by atoms with Crippen LogP contribution in [0.25, 0.3) is 11.1 Å². The molecule has 0 spiro atoms. The minimum absolute atomic E-state index is 0.359. The molecule has 1 saturated heterocycles. The second kappa shape index (κ2) is 3.79. The van der Waals surface area contributed by atoms with E-state index in [0.717, 1.165) is 31.3 Å². The maximum absolute atomic E-state index is 5.91. The van der Waals surface area contributed by atoms with Crippen LogP contribution in [0.5, 0.6) is 0 Å². The van der Waals surface area contributed by atoms with E-state index in [1.165, 1.54) is 5.69 Å². The van der Waals surface area contributed by atoms with Gasteiger partial charge in [0.15, 0.2) is 0 Å². The number of fused-ring (bicyclic) bond motifs is 1. The first kappa shape index (κ1) is 9.66. The molecule has 16 heavy (non-hydrogen) atoms. The summed E-state index contributed by atoms with van der Waals surface area (Å²) in [5.41, 5.74) is 7.84. The van der Waals surface area contributed by atoms with Crippen molar-refractivity contribution in [2.75, 3.05) is 18.0 Å². The molecule has 0 bridgehead atoms. The maximum Gasteiger partial charge on any atom is 0.227 e. The second-order valence-corrected chi connectivity index (χ2v) is 4.29. The number of nitrogens with zero attached hydrogens (tertiary/aromatic N) is 2. The van der Waals surface area contributed by atoms with Crippen molar-refractivity contribution in [3.63, 3.8) is 0 Å². The molecule has 0 aromatic carbocycles. The van der Waals surface area contributed by atoms with Crippen molar-refractivity contribution >= 4 is 16.8 Å². The molecule has 1 fully saturated rings. The summed E-state index contributed by atoms with van der Waals surface area (Å²) in [5, 5.41) is 1.10. The van der Waals surface area contributed by atoms with Gasteiger partial charge in [-0.25, -0.2) is 4.98 Å². The Kier molecular flexibility index (Phi) is 2.29. The predicted octanol–water partition coefficient (Wildman–Crippen LogP) is 1.76. The minimum atomic E-state index is 0.359. The zero-order chi connectivity index (χ0) is 11.0. The zero-order valence-corrected chi connectivity index (χ0v) is 9.10. The fourth-order valence-corrected chi connectivity index (χ4v) is 2.28. The fraction of sp³-hybridized carbons (Fsp3) is 0.417. The van der Waals surface area contributed by atoms with E-state index < -0.39 is 0 Å². The number of anilines is 1. The van der Waals surface area contributed by atoms with Crippen molar-refractivity contribution in [2.45, 2.75) is 18.9 Å². The lowest BCUT2D eigenvalue weighted by molar-refractivity contribution is 0.502. The van der Waals surface area contributed by atoms with Crippen molar-refractivity contribution in [3.05, 3.63) is 24.6 Å². The molecule has 3 heterocycles. The van der Waals surface area contributed by atoms with Gasteiger partial charge in [-0.3, -0.25) is 0 Å². The van der Waals surface area contributed by atoms with Crippen LogP contribution < -0.4 is 10.6 Å². The van der Waals surface area contributed by atoms with Gasteiger partial charge < -0.3 is 15.1 Å². The molecule has 2 aromatic rings. The van der Waals surface area contributed by atoms with E-state index in [1.54, 1.807) is 12.5 Å². The summed E-state index contributed by atoms with van der Waals surface area (Å²) in [6.45, 7) is 2.04. The molecule has 1 aliphatic rings. The third-order valence-corrected chi connectivity index (χ3v) is 3.23. The Bertz CT molecular complexity index is 486. The molecule has 0 radical (unpaired) electrons. The van der Waals surface area contributed by atoms with Gasteiger partial charge in [-0.1, -0.05) is 0 Å². The molecular formula is C12H15N3O. The highest BCUT2D eigenvalue weighted by Gasteiger charge is 2.18. The lowest BCUT2D eigenvalue weighted by Gasteiger charge is -2.32. The molecule has 2 N–H and O–H groups in total. The number of hydrogen-bond acceptors (Lipinski definition) is 4. The van der Waals surface area contributed by atoms with Crippen LogP contribution in [0.4, 0.5) is 5.69 Å². The second-order valence-electron chi connectivity index (χ2n) is 4.29. The Hall–Kier alpha value is -1.55. The average Bonchev–Trinajstić information content (AvgIpc) is 2.78. The van der Waals surface area contributed by atoms with Crippen LogP contribution in [0.2, 0.25) is 0 Å². The van der Waals surface area contributed by atoms with Crippen LogP contribution in [-0.4, -0.2) is 24.1 Å². The van der Waals surface area contributed by atoms with Crippen molar-refractivity contribution in [3.8, 4) is 0 Å². The Morgan fingerprint density at radius 2 is 2.12 bits per heavy atom. The Morgan fingerprint density at radius 1 is 1.31 bits per heavy atom. The lowest BCUT2D eigenvalue weighted by atomic mass is 10.1. The number of furan rings is 1. The smallest absolute Gasteiger partial charge is 0.227 e. The first-order chi connectivity index (χ1) is 7.84. The Labute approximate surface area is 94.0 Å². The van der Waals surface area contributed by atoms with E-state index in [1.807, 2.05) is 6.07 Å². The number of aromatic nitrogens is 1. The first-order valence-corrected chi connectivity index (χ1v) is 5.67. The van der Waals surface area contributed by atoms with Crippen LogP contribution >= 0.6 is 0 Å². The number of rotatable bonds is 1. The summed E-state index contributed by atoms with van der Waals surface area (Å²) in [4.78, 5) is 6.56. The summed E-state index contributed by atoms with van der Waals surface area (Å²) in [6, 6.07) is 4.39. The summed E-state index contributed by atoms with van der Waals surface area (Å²) in [7, 11) is 0. The van der Waals surface area contributed by atoms with Crippen LogP contribution in [0.15, 0.2) is 29.0 Å². The quantitative estimate of drug-likeness (QED) is 0.790. The molecule has 0 amide bonds. The summed E-state index contributed by atoms with van der Waals surface area (Å²) < 4.78 is 5.31. The van der Waals surface area contributed by atoms with Gasteiger partial charge >= 0.3 is 0 Å². The fourth-order valence-electron chi connectivity index (χ4n) is 2.28. The molecule has 0 atom stereocenters. The highest BCUT2D eigenvalue weighted by atomic mass is 16.3. The standard InChI is InChI=1S/C12H15N3O/c13-9-2-6-15(7-3-9)11-1-5-14-12-10(11)4-8-16-12/h1,4-5,8-9H,2-3,6-7,13H2. The van der Waals surface area contributed by atoms with Crippen molar-refractivity contribution in [1.29, 1.82) is 0 Å². The van der Waals surface area contributed by atoms with Crippen molar-refractivity contribution in [1.82, 2.24) is 4.98 Å². The third-order valence-electron chi connectivity index (χ3n) is 3.23. The Morgan fingerprint density at radius 3 is 2.94 bits per heavy atom. The predicted molar refractivity (Wildman–Crippen MR) is 63.4 cm³/mol. The van der Waals surface area contributed by atoms with Crippen LogP contribution in [0.1, 0.15) is 12.8 Å². The number of piperidine rings is 1. The largest absolute Gasteiger partial charge is 0.446 e. The molecular weight excluding hydrogens is 202 g/mol.